The molecule has 0 saturated carbocycles. The van der Waals surface area contributed by atoms with Crippen molar-refractivity contribution < 1.29 is 14.6 Å². The van der Waals surface area contributed by atoms with Gasteiger partial charge in [0.1, 0.15) is 5.75 Å². The van der Waals surface area contributed by atoms with Gasteiger partial charge in [-0.25, -0.2) is 4.79 Å². The zero-order valence-electron chi connectivity index (χ0n) is 11.0. The summed E-state index contributed by atoms with van der Waals surface area (Å²) in [5.74, 6) is -0.336. The van der Waals surface area contributed by atoms with E-state index in [1.807, 2.05) is 49.4 Å². The van der Waals surface area contributed by atoms with Gasteiger partial charge in [0.05, 0.1) is 0 Å². The molecule has 104 valence electrons. The Bertz CT molecular complexity index is 593. The molecule has 4 heteroatoms. The maximum atomic E-state index is 11.4. The highest BCUT2D eigenvalue weighted by Crippen LogP contribution is 2.19. The van der Waals surface area contributed by atoms with Crippen molar-refractivity contribution in [3.05, 3.63) is 63.2 Å². The van der Waals surface area contributed by atoms with Crippen LogP contribution < -0.4 is 4.74 Å². The van der Waals surface area contributed by atoms with Crippen molar-refractivity contribution in [3.63, 3.8) is 0 Å². The number of carboxylic acids is 1. The lowest BCUT2D eigenvalue weighted by Gasteiger charge is -2.16. The Balaban J connectivity index is 2.14. The first-order chi connectivity index (χ1) is 9.56. The maximum absolute atomic E-state index is 11.4. The average molecular weight is 382 g/mol. The molecule has 0 amide bonds. The molecule has 20 heavy (non-hydrogen) atoms. The van der Waals surface area contributed by atoms with Crippen LogP contribution in [0.15, 0.2) is 48.5 Å². The molecule has 0 bridgehead atoms. The van der Waals surface area contributed by atoms with Crippen molar-refractivity contribution in [3.8, 4) is 5.75 Å². The fraction of sp³-hybridized carbons (Fsp3) is 0.188. The molecule has 0 saturated heterocycles. The minimum Gasteiger partial charge on any atom is -0.478 e. The second kappa shape index (κ2) is 6.74. The third-order valence-electron chi connectivity index (χ3n) is 2.97. The molecule has 3 nitrogen and oxygen atoms in total. The van der Waals surface area contributed by atoms with E-state index in [0.29, 0.717) is 12.2 Å². The van der Waals surface area contributed by atoms with Crippen LogP contribution in [0.1, 0.15) is 11.1 Å². The summed E-state index contributed by atoms with van der Waals surface area (Å²) in [6, 6.07) is 15.2. The number of hydrogen-bond donors (Lipinski definition) is 1. The molecule has 2 aromatic rings. The Kier molecular flexibility index (Phi) is 5.00. The van der Waals surface area contributed by atoms with Crippen LogP contribution in [0.4, 0.5) is 0 Å². The van der Waals surface area contributed by atoms with Crippen molar-refractivity contribution in [2.24, 2.45) is 0 Å². The van der Waals surface area contributed by atoms with Gasteiger partial charge in [0.15, 0.2) is 6.10 Å². The van der Waals surface area contributed by atoms with E-state index >= 15 is 0 Å². The number of aliphatic carboxylic acids is 1. The number of rotatable bonds is 5. The van der Waals surface area contributed by atoms with Gasteiger partial charge >= 0.3 is 5.97 Å². The maximum Gasteiger partial charge on any atom is 0.345 e. The SMILES string of the molecule is Cc1ccccc1O[C@H](Cc1ccc(I)cc1)C(=O)O. The van der Waals surface area contributed by atoms with E-state index in [2.05, 4.69) is 22.6 Å². The van der Waals surface area contributed by atoms with Crippen molar-refractivity contribution in [1.82, 2.24) is 0 Å². The summed E-state index contributed by atoms with van der Waals surface area (Å²) in [6.07, 6.45) is -0.531. The molecule has 0 aliphatic heterocycles. The minimum atomic E-state index is -0.952. The first-order valence-electron chi connectivity index (χ1n) is 6.26. The minimum absolute atomic E-state index is 0.348. The molecule has 0 heterocycles. The summed E-state index contributed by atoms with van der Waals surface area (Å²) in [5.41, 5.74) is 1.88. The van der Waals surface area contributed by atoms with Crippen LogP contribution in [0.5, 0.6) is 5.75 Å². The highest BCUT2D eigenvalue weighted by molar-refractivity contribution is 14.1. The lowest BCUT2D eigenvalue weighted by molar-refractivity contribution is -0.145. The van der Waals surface area contributed by atoms with E-state index in [0.717, 1.165) is 14.7 Å². The van der Waals surface area contributed by atoms with Crippen molar-refractivity contribution in [2.75, 3.05) is 0 Å². The smallest absolute Gasteiger partial charge is 0.345 e. The summed E-state index contributed by atoms with van der Waals surface area (Å²) >= 11 is 2.22. The van der Waals surface area contributed by atoms with Crippen molar-refractivity contribution >= 4 is 28.6 Å². The predicted molar refractivity (Wildman–Crippen MR) is 86.1 cm³/mol. The molecule has 1 atom stereocenters. The Morgan fingerprint density at radius 1 is 1.20 bits per heavy atom. The number of hydrogen-bond acceptors (Lipinski definition) is 2. The number of halogens is 1. The number of para-hydroxylation sites is 1. The Hall–Kier alpha value is -1.56. The highest BCUT2D eigenvalue weighted by atomic mass is 127. The molecule has 0 unspecified atom stereocenters. The van der Waals surface area contributed by atoms with Gasteiger partial charge in [0.2, 0.25) is 0 Å². The lowest BCUT2D eigenvalue weighted by Crippen LogP contribution is -2.29. The quantitative estimate of drug-likeness (QED) is 0.803. The molecule has 1 N–H and O–H groups in total. The van der Waals surface area contributed by atoms with E-state index in [4.69, 9.17) is 4.74 Å². The van der Waals surface area contributed by atoms with Crippen LogP contribution in [0, 0.1) is 10.5 Å². The molecule has 0 aromatic heterocycles. The fourth-order valence-electron chi connectivity index (χ4n) is 1.86. The first kappa shape index (κ1) is 14.8. The predicted octanol–water partition coefficient (Wildman–Crippen LogP) is 3.67. The molecule has 2 rings (SSSR count). The zero-order valence-corrected chi connectivity index (χ0v) is 13.2. The Morgan fingerprint density at radius 3 is 2.45 bits per heavy atom. The van der Waals surface area contributed by atoms with Gasteiger partial charge in [-0.3, -0.25) is 0 Å². The summed E-state index contributed by atoms with van der Waals surface area (Å²) < 4.78 is 6.76. The Morgan fingerprint density at radius 2 is 1.85 bits per heavy atom. The van der Waals surface area contributed by atoms with E-state index in [1.165, 1.54) is 0 Å². The van der Waals surface area contributed by atoms with Gasteiger partial charge in [0, 0.05) is 9.99 Å². The van der Waals surface area contributed by atoms with Crippen LogP contribution >= 0.6 is 22.6 Å². The number of carbonyl (C=O) groups is 1. The van der Waals surface area contributed by atoms with Gasteiger partial charge in [-0.2, -0.15) is 0 Å². The summed E-state index contributed by atoms with van der Waals surface area (Å²) in [5, 5.41) is 9.31. The third-order valence-corrected chi connectivity index (χ3v) is 3.69. The van der Waals surface area contributed by atoms with E-state index in [-0.39, 0.29) is 0 Å². The van der Waals surface area contributed by atoms with Crippen molar-refractivity contribution in [1.29, 1.82) is 0 Å². The molecular formula is C16H15IO3. The second-order valence-corrected chi connectivity index (χ2v) is 5.79. The number of ether oxygens (including phenoxy) is 1. The number of aryl methyl sites for hydroxylation is 1. The van der Waals surface area contributed by atoms with E-state index < -0.39 is 12.1 Å². The molecule has 0 fully saturated rings. The van der Waals surface area contributed by atoms with Gasteiger partial charge in [0.25, 0.3) is 0 Å². The topological polar surface area (TPSA) is 46.5 Å². The lowest BCUT2D eigenvalue weighted by atomic mass is 10.1. The summed E-state index contributed by atoms with van der Waals surface area (Å²) in [6.45, 7) is 1.90. The van der Waals surface area contributed by atoms with Crippen LogP contribution in [-0.2, 0) is 11.2 Å². The number of benzene rings is 2. The van der Waals surface area contributed by atoms with Crippen LogP contribution in [0.25, 0.3) is 0 Å². The van der Waals surface area contributed by atoms with Gasteiger partial charge in [-0.15, -0.1) is 0 Å². The molecule has 0 aliphatic carbocycles. The Labute approximate surface area is 131 Å². The third kappa shape index (κ3) is 3.96. The first-order valence-corrected chi connectivity index (χ1v) is 7.33. The monoisotopic (exact) mass is 382 g/mol. The molecule has 2 aromatic carbocycles. The van der Waals surface area contributed by atoms with E-state index in [1.54, 1.807) is 6.07 Å². The van der Waals surface area contributed by atoms with Gasteiger partial charge in [-0.05, 0) is 58.8 Å². The number of carboxylic acid groups (broad SMARTS) is 1. The second-order valence-electron chi connectivity index (χ2n) is 4.54. The van der Waals surface area contributed by atoms with Crippen LogP contribution in [0.2, 0.25) is 0 Å². The molecular weight excluding hydrogens is 367 g/mol. The zero-order chi connectivity index (χ0) is 14.5. The standard InChI is InChI=1S/C16H15IO3/c1-11-4-2-3-5-14(11)20-15(16(18)19)10-12-6-8-13(17)9-7-12/h2-9,15H,10H2,1H3,(H,18,19)/t15-/m1/s1. The van der Waals surface area contributed by atoms with Gasteiger partial charge < -0.3 is 9.84 Å². The van der Waals surface area contributed by atoms with Crippen LogP contribution in [-0.4, -0.2) is 17.2 Å². The molecule has 0 radical (unpaired) electrons. The fourth-order valence-corrected chi connectivity index (χ4v) is 2.22. The largest absolute Gasteiger partial charge is 0.478 e. The van der Waals surface area contributed by atoms with Crippen LogP contribution in [0.3, 0.4) is 0 Å². The normalized spacial score (nSPS) is 11.9. The highest BCUT2D eigenvalue weighted by Gasteiger charge is 2.20. The van der Waals surface area contributed by atoms with E-state index in [9.17, 15) is 9.90 Å². The van der Waals surface area contributed by atoms with Gasteiger partial charge in [-0.1, -0.05) is 30.3 Å². The van der Waals surface area contributed by atoms with Crippen molar-refractivity contribution in [2.45, 2.75) is 19.4 Å². The summed E-state index contributed by atoms with van der Waals surface area (Å²) in [4.78, 5) is 11.4. The molecule has 0 aliphatic rings. The average Bonchev–Trinajstić information content (AvgIpc) is 2.42. The molecule has 0 spiro atoms. The summed E-state index contributed by atoms with van der Waals surface area (Å²) in [7, 11) is 0.